The first kappa shape index (κ1) is 18.9. The second-order valence-electron chi connectivity index (χ2n) is 7.02. The number of nitrogens with zero attached hydrogens (tertiary/aromatic N) is 2. The molecule has 0 bridgehead atoms. The minimum atomic E-state index is -0.382. The minimum absolute atomic E-state index is 0.00391. The first-order valence-corrected chi connectivity index (χ1v) is 9.29. The molecule has 2 aromatic carbocycles. The van der Waals surface area contributed by atoms with E-state index >= 15 is 0 Å². The van der Waals surface area contributed by atoms with E-state index in [4.69, 9.17) is 4.74 Å². The Morgan fingerprint density at radius 3 is 2.70 bits per heavy atom. The average Bonchev–Trinajstić information content (AvgIpc) is 3.13. The van der Waals surface area contributed by atoms with Gasteiger partial charge in [-0.1, -0.05) is 55.0 Å². The third kappa shape index (κ3) is 4.27. The van der Waals surface area contributed by atoms with Gasteiger partial charge in [0.15, 0.2) is 0 Å². The molecule has 1 heterocycles. The Morgan fingerprint density at radius 1 is 1.15 bits per heavy atom. The van der Waals surface area contributed by atoms with Gasteiger partial charge in [-0.25, -0.2) is 14.3 Å². The van der Waals surface area contributed by atoms with E-state index < -0.39 is 0 Å². The van der Waals surface area contributed by atoms with Crippen molar-refractivity contribution in [1.29, 1.82) is 0 Å². The summed E-state index contributed by atoms with van der Waals surface area (Å²) in [5.74, 6) is 0.702. The van der Waals surface area contributed by atoms with Crippen LogP contribution in [0.4, 0.5) is 4.79 Å². The molecule has 1 aromatic heterocycles. The number of carbonyl (C=O) groups excluding carboxylic acids is 1. The molecule has 0 radical (unpaired) electrons. The molecule has 4 heteroatoms. The highest BCUT2D eigenvalue weighted by Gasteiger charge is 2.20. The molecule has 0 unspecified atom stereocenters. The molecule has 0 aliphatic carbocycles. The molecule has 0 saturated heterocycles. The minimum Gasteiger partial charge on any atom is -0.449 e. The van der Waals surface area contributed by atoms with Gasteiger partial charge in [0.05, 0.1) is 6.61 Å². The van der Waals surface area contributed by atoms with E-state index in [2.05, 4.69) is 56.9 Å². The van der Waals surface area contributed by atoms with Crippen LogP contribution < -0.4 is 0 Å². The quantitative estimate of drug-likeness (QED) is 0.627. The number of hydrogen-bond donors (Lipinski definition) is 0. The molecule has 0 amide bonds. The average molecular weight is 362 g/mol. The normalized spacial score (nSPS) is 12.0. The Morgan fingerprint density at radius 2 is 1.93 bits per heavy atom. The van der Waals surface area contributed by atoms with Crippen LogP contribution in [-0.2, 0) is 11.2 Å². The number of hydrogen-bond acceptors (Lipinski definition) is 3. The van der Waals surface area contributed by atoms with Gasteiger partial charge in [-0.2, -0.15) is 0 Å². The number of carbonyl (C=O) groups is 1. The maximum absolute atomic E-state index is 12.6. The lowest BCUT2D eigenvalue weighted by Crippen LogP contribution is -2.19. The SMILES string of the molecule is Cc1cccc(CCOC(=O)n2ccnc2[C@@H](C)c2cccc(C)c2C)c1. The van der Waals surface area contributed by atoms with E-state index in [1.54, 1.807) is 12.4 Å². The molecule has 0 saturated carbocycles. The molecule has 0 fully saturated rings. The zero-order chi connectivity index (χ0) is 19.4. The van der Waals surface area contributed by atoms with Crippen molar-refractivity contribution in [3.8, 4) is 0 Å². The number of benzene rings is 2. The fourth-order valence-corrected chi connectivity index (χ4v) is 3.37. The van der Waals surface area contributed by atoms with E-state index in [0.29, 0.717) is 18.9 Å². The van der Waals surface area contributed by atoms with Crippen molar-refractivity contribution in [3.63, 3.8) is 0 Å². The number of aromatic nitrogens is 2. The van der Waals surface area contributed by atoms with Crippen molar-refractivity contribution in [2.75, 3.05) is 6.61 Å². The molecule has 140 valence electrons. The van der Waals surface area contributed by atoms with Gasteiger partial charge in [-0.15, -0.1) is 0 Å². The van der Waals surface area contributed by atoms with Gasteiger partial charge < -0.3 is 4.74 Å². The zero-order valence-electron chi connectivity index (χ0n) is 16.4. The van der Waals surface area contributed by atoms with E-state index in [0.717, 1.165) is 5.56 Å². The predicted molar refractivity (Wildman–Crippen MR) is 107 cm³/mol. The van der Waals surface area contributed by atoms with E-state index in [1.807, 2.05) is 18.2 Å². The molecular formula is C23H26N2O2. The van der Waals surface area contributed by atoms with Crippen LogP contribution in [0.2, 0.25) is 0 Å². The lowest BCUT2D eigenvalue weighted by atomic mass is 9.93. The highest BCUT2D eigenvalue weighted by Crippen LogP contribution is 2.27. The second kappa shape index (κ2) is 8.21. The first-order chi connectivity index (χ1) is 13.0. The smallest absolute Gasteiger partial charge is 0.419 e. The standard InChI is InChI=1S/C23H26N2O2/c1-16-7-5-9-20(15-16)11-14-27-23(26)25-13-12-24-22(25)19(4)21-10-6-8-17(2)18(21)3/h5-10,12-13,15,19H,11,14H2,1-4H3/t19-/m0/s1. The predicted octanol–water partition coefficient (Wildman–Crippen LogP) is 5.19. The summed E-state index contributed by atoms with van der Waals surface area (Å²) >= 11 is 0. The fraction of sp³-hybridized carbons (Fsp3) is 0.304. The largest absolute Gasteiger partial charge is 0.449 e. The van der Waals surface area contributed by atoms with Crippen molar-refractivity contribution >= 4 is 6.09 Å². The van der Waals surface area contributed by atoms with Crippen LogP contribution in [0.3, 0.4) is 0 Å². The summed E-state index contributed by atoms with van der Waals surface area (Å²) in [5.41, 5.74) is 6.01. The number of aryl methyl sites for hydroxylation is 2. The zero-order valence-corrected chi connectivity index (χ0v) is 16.4. The molecule has 1 atom stereocenters. The van der Waals surface area contributed by atoms with Crippen molar-refractivity contribution < 1.29 is 9.53 Å². The molecule has 3 aromatic rings. The van der Waals surface area contributed by atoms with E-state index in [1.165, 1.54) is 26.8 Å². The number of rotatable bonds is 5. The molecule has 4 nitrogen and oxygen atoms in total. The van der Waals surface area contributed by atoms with Crippen molar-refractivity contribution in [1.82, 2.24) is 9.55 Å². The van der Waals surface area contributed by atoms with Crippen LogP contribution in [0.5, 0.6) is 0 Å². The Kier molecular flexibility index (Phi) is 5.75. The molecular weight excluding hydrogens is 336 g/mol. The third-order valence-corrected chi connectivity index (χ3v) is 5.07. The highest BCUT2D eigenvalue weighted by atomic mass is 16.5. The summed E-state index contributed by atoms with van der Waals surface area (Å²) in [7, 11) is 0. The van der Waals surface area contributed by atoms with Crippen LogP contribution in [0.15, 0.2) is 54.9 Å². The third-order valence-electron chi connectivity index (χ3n) is 5.07. The van der Waals surface area contributed by atoms with Crippen molar-refractivity contribution in [2.24, 2.45) is 0 Å². The maximum atomic E-state index is 12.6. The van der Waals surface area contributed by atoms with Gasteiger partial charge >= 0.3 is 6.09 Å². The highest BCUT2D eigenvalue weighted by molar-refractivity contribution is 5.71. The second-order valence-corrected chi connectivity index (χ2v) is 7.02. The van der Waals surface area contributed by atoms with E-state index in [-0.39, 0.29) is 12.0 Å². The topological polar surface area (TPSA) is 44.1 Å². The van der Waals surface area contributed by atoms with Crippen LogP contribution >= 0.6 is 0 Å². The molecule has 0 aliphatic rings. The summed E-state index contributed by atoms with van der Waals surface area (Å²) in [6, 6.07) is 14.5. The summed E-state index contributed by atoms with van der Waals surface area (Å²) in [4.78, 5) is 17.0. The molecule has 3 rings (SSSR count). The van der Waals surface area contributed by atoms with Crippen LogP contribution in [0.25, 0.3) is 0 Å². The maximum Gasteiger partial charge on any atom is 0.419 e. The molecule has 0 aliphatic heterocycles. The Hall–Kier alpha value is -2.88. The molecule has 27 heavy (non-hydrogen) atoms. The van der Waals surface area contributed by atoms with Crippen LogP contribution in [-0.4, -0.2) is 22.3 Å². The van der Waals surface area contributed by atoms with Gasteiger partial charge in [0.1, 0.15) is 5.82 Å². The molecule has 0 spiro atoms. The summed E-state index contributed by atoms with van der Waals surface area (Å²) in [6.07, 6.45) is 3.64. The van der Waals surface area contributed by atoms with Gasteiger partial charge in [-0.05, 0) is 43.0 Å². The first-order valence-electron chi connectivity index (χ1n) is 9.29. The Labute approximate surface area is 160 Å². The molecule has 0 N–H and O–H groups in total. The number of ether oxygens (including phenoxy) is 1. The summed E-state index contributed by atoms with van der Waals surface area (Å²) in [6.45, 7) is 8.67. The Balaban J connectivity index is 1.70. The fourth-order valence-electron chi connectivity index (χ4n) is 3.37. The van der Waals surface area contributed by atoms with Crippen LogP contribution in [0, 0.1) is 20.8 Å². The van der Waals surface area contributed by atoms with Crippen molar-refractivity contribution in [2.45, 2.75) is 40.0 Å². The monoisotopic (exact) mass is 362 g/mol. The van der Waals surface area contributed by atoms with Gasteiger partial charge in [0, 0.05) is 24.7 Å². The lowest BCUT2D eigenvalue weighted by Gasteiger charge is -2.17. The van der Waals surface area contributed by atoms with Gasteiger partial charge in [-0.3, -0.25) is 0 Å². The number of imidazole rings is 1. The van der Waals surface area contributed by atoms with E-state index in [9.17, 15) is 4.79 Å². The van der Waals surface area contributed by atoms with Gasteiger partial charge in [0.25, 0.3) is 0 Å². The van der Waals surface area contributed by atoms with Gasteiger partial charge in [0.2, 0.25) is 0 Å². The lowest BCUT2D eigenvalue weighted by molar-refractivity contribution is 0.148. The van der Waals surface area contributed by atoms with Crippen LogP contribution in [0.1, 0.15) is 46.5 Å². The van der Waals surface area contributed by atoms with Crippen molar-refractivity contribution in [3.05, 3.63) is 88.5 Å². The Bertz CT molecular complexity index is 943. The summed E-state index contributed by atoms with van der Waals surface area (Å²) in [5, 5.41) is 0. The summed E-state index contributed by atoms with van der Waals surface area (Å²) < 4.78 is 7.01.